The Morgan fingerprint density at radius 3 is 2.64 bits per heavy atom. The summed E-state index contributed by atoms with van der Waals surface area (Å²) in [7, 11) is 0. The van der Waals surface area contributed by atoms with Gasteiger partial charge in [-0.15, -0.1) is 0 Å². The number of halogens is 1. The Bertz CT molecular complexity index is 332. The SMILES string of the molecule is C=C(Cl)CN=C(N)Nc1ccccc1. The van der Waals surface area contributed by atoms with E-state index < -0.39 is 0 Å². The molecule has 0 aromatic heterocycles. The fraction of sp³-hybridized carbons (Fsp3) is 0.100. The molecule has 14 heavy (non-hydrogen) atoms. The minimum atomic E-state index is 0.327. The Balaban J connectivity index is 2.53. The van der Waals surface area contributed by atoms with Crippen molar-refractivity contribution in [1.29, 1.82) is 0 Å². The molecule has 0 amide bonds. The lowest BCUT2D eigenvalue weighted by Crippen LogP contribution is -2.22. The van der Waals surface area contributed by atoms with Gasteiger partial charge in [0.1, 0.15) is 0 Å². The van der Waals surface area contributed by atoms with E-state index in [0.29, 0.717) is 17.5 Å². The van der Waals surface area contributed by atoms with Crippen molar-refractivity contribution in [3.05, 3.63) is 41.9 Å². The van der Waals surface area contributed by atoms with Crippen LogP contribution in [-0.4, -0.2) is 12.5 Å². The average molecular weight is 210 g/mol. The second-order valence-corrected chi connectivity index (χ2v) is 3.24. The van der Waals surface area contributed by atoms with Crippen molar-refractivity contribution in [3.63, 3.8) is 0 Å². The summed E-state index contributed by atoms with van der Waals surface area (Å²) in [5, 5.41) is 3.39. The first kappa shape index (κ1) is 10.6. The van der Waals surface area contributed by atoms with E-state index in [-0.39, 0.29) is 0 Å². The fourth-order valence-corrected chi connectivity index (χ4v) is 0.940. The van der Waals surface area contributed by atoms with Crippen LogP contribution in [0.15, 0.2) is 46.9 Å². The van der Waals surface area contributed by atoms with Crippen molar-refractivity contribution in [3.8, 4) is 0 Å². The van der Waals surface area contributed by atoms with Crippen LogP contribution in [0.3, 0.4) is 0 Å². The molecule has 0 fully saturated rings. The molecule has 0 saturated heterocycles. The molecule has 0 unspecified atom stereocenters. The van der Waals surface area contributed by atoms with Crippen molar-refractivity contribution < 1.29 is 0 Å². The first-order valence-corrected chi connectivity index (χ1v) is 4.51. The van der Waals surface area contributed by atoms with Crippen LogP contribution >= 0.6 is 11.6 Å². The lowest BCUT2D eigenvalue weighted by molar-refractivity contribution is 1.21. The van der Waals surface area contributed by atoms with Crippen molar-refractivity contribution in [2.75, 3.05) is 11.9 Å². The molecule has 4 heteroatoms. The van der Waals surface area contributed by atoms with E-state index in [2.05, 4.69) is 16.9 Å². The molecule has 3 N–H and O–H groups in total. The van der Waals surface area contributed by atoms with Crippen LogP contribution in [0.4, 0.5) is 5.69 Å². The number of hydrogen-bond acceptors (Lipinski definition) is 1. The second kappa shape index (κ2) is 5.29. The maximum absolute atomic E-state index is 5.59. The Kier molecular flexibility index (Phi) is 4.01. The number of nitrogens with two attached hydrogens (primary N) is 1. The van der Waals surface area contributed by atoms with Crippen LogP contribution < -0.4 is 11.1 Å². The Hall–Kier alpha value is -1.48. The highest BCUT2D eigenvalue weighted by atomic mass is 35.5. The monoisotopic (exact) mass is 209 g/mol. The molecule has 1 aromatic rings. The second-order valence-electron chi connectivity index (χ2n) is 2.71. The predicted molar refractivity (Wildman–Crippen MR) is 61.5 cm³/mol. The molecule has 0 bridgehead atoms. The van der Waals surface area contributed by atoms with Crippen LogP contribution in [0, 0.1) is 0 Å². The molecule has 0 aliphatic heterocycles. The van der Waals surface area contributed by atoms with Crippen LogP contribution in [0.25, 0.3) is 0 Å². The quantitative estimate of drug-likeness (QED) is 0.592. The summed E-state index contributed by atoms with van der Waals surface area (Å²) in [5.74, 6) is 0.331. The molecule has 0 saturated carbocycles. The zero-order valence-electron chi connectivity index (χ0n) is 7.70. The van der Waals surface area contributed by atoms with Crippen molar-refractivity contribution in [2.45, 2.75) is 0 Å². The van der Waals surface area contributed by atoms with Gasteiger partial charge in [0, 0.05) is 10.7 Å². The number of rotatable bonds is 3. The van der Waals surface area contributed by atoms with Gasteiger partial charge in [-0.25, -0.2) is 4.99 Å². The van der Waals surface area contributed by atoms with E-state index >= 15 is 0 Å². The summed E-state index contributed by atoms with van der Waals surface area (Å²) in [5.41, 5.74) is 6.49. The largest absolute Gasteiger partial charge is 0.370 e. The van der Waals surface area contributed by atoms with Gasteiger partial charge in [-0.1, -0.05) is 36.4 Å². The van der Waals surface area contributed by atoms with E-state index in [1.807, 2.05) is 30.3 Å². The van der Waals surface area contributed by atoms with E-state index in [1.54, 1.807) is 0 Å². The third-order valence-corrected chi connectivity index (χ3v) is 1.59. The summed E-state index contributed by atoms with van der Waals surface area (Å²) in [6.45, 7) is 3.84. The number of hydrogen-bond donors (Lipinski definition) is 2. The van der Waals surface area contributed by atoms with Crippen LogP contribution in [-0.2, 0) is 0 Å². The minimum absolute atomic E-state index is 0.327. The van der Waals surface area contributed by atoms with Crippen LogP contribution in [0.1, 0.15) is 0 Å². The molecule has 3 nitrogen and oxygen atoms in total. The molecule has 1 rings (SSSR count). The highest BCUT2D eigenvalue weighted by Gasteiger charge is 1.92. The van der Waals surface area contributed by atoms with Crippen molar-refractivity contribution in [1.82, 2.24) is 0 Å². The lowest BCUT2D eigenvalue weighted by Gasteiger charge is -2.04. The van der Waals surface area contributed by atoms with E-state index in [0.717, 1.165) is 5.69 Å². The third kappa shape index (κ3) is 3.96. The van der Waals surface area contributed by atoms with Gasteiger partial charge >= 0.3 is 0 Å². The third-order valence-electron chi connectivity index (χ3n) is 1.47. The highest BCUT2D eigenvalue weighted by molar-refractivity contribution is 6.29. The summed E-state index contributed by atoms with van der Waals surface area (Å²) < 4.78 is 0. The number of guanidine groups is 1. The number of anilines is 1. The molecule has 0 radical (unpaired) electrons. The van der Waals surface area contributed by atoms with Crippen molar-refractivity contribution >= 4 is 23.2 Å². The number of benzene rings is 1. The summed E-state index contributed by atoms with van der Waals surface area (Å²) in [4.78, 5) is 3.97. The number of aliphatic imine (C=N–C) groups is 1. The van der Waals surface area contributed by atoms with E-state index in [4.69, 9.17) is 17.3 Å². The molecule has 74 valence electrons. The lowest BCUT2D eigenvalue weighted by atomic mass is 10.3. The van der Waals surface area contributed by atoms with Gasteiger partial charge in [0.05, 0.1) is 6.54 Å². The first-order chi connectivity index (χ1) is 6.68. The van der Waals surface area contributed by atoms with Gasteiger partial charge in [-0.3, -0.25) is 0 Å². The van der Waals surface area contributed by atoms with Gasteiger partial charge in [0.2, 0.25) is 0 Å². The van der Waals surface area contributed by atoms with Gasteiger partial charge in [-0.05, 0) is 12.1 Å². The number of para-hydroxylation sites is 1. The molecular weight excluding hydrogens is 198 g/mol. The molecule has 1 aromatic carbocycles. The Morgan fingerprint density at radius 1 is 1.43 bits per heavy atom. The predicted octanol–water partition coefficient (Wildman–Crippen LogP) is 2.17. The fourth-order valence-electron chi connectivity index (χ4n) is 0.880. The Labute approximate surface area is 88.3 Å². The van der Waals surface area contributed by atoms with Crippen LogP contribution in [0.5, 0.6) is 0 Å². The maximum atomic E-state index is 5.59. The topological polar surface area (TPSA) is 50.4 Å². The van der Waals surface area contributed by atoms with Gasteiger partial charge in [0.15, 0.2) is 5.96 Å². The van der Waals surface area contributed by atoms with Gasteiger partial charge in [-0.2, -0.15) is 0 Å². The smallest absolute Gasteiger partial charge is 0.193 e. The zero-order chi connectivity index (χ0) is 10.4. The number of nitrogens with one attached hydrogen (secondary N) is 1. The molecule has 0 aliphatic rings. The minimum Gasteiger partial charge on any atom is -0.370 e. The average Bonchev–Trinajstić information content (AvgIpc) is 2.16. The normalized spacial score (nSPS) is 11.1. The molecule has 0 spiro atoms. The van der Waals surface area contributed by atoms with E-state index in [1.165, 1.54) is 0 Å². The van der Waals surface area contributed by atoms with Gasteiger partial charge < -0.3 is 11.1 Å². The molecule has 0 aliphatic carbocycles. The maximum Gasteiger partial charge on any atom is 0.193 e. The summed E-state index contributed by atoms with van der Waals surface area (Å²) in [6.07, 6.45) is 0. The van der Waals surface area contributed by atoms with Gasteiger partial charge in [0.25, 0.3) is 0 Å². The molecule has 0 atom stereocenters. The highest BCUT2D eigenvalue weighted by Crippen LogP contribution is 2.04. The number of nitrogens with zero attached hydrogens (tertiary/aromatic N) is 1. The zero-order valence-corrected chi connectivity index (χ0v) is 8.46. The Morgan fingerprint density at radius 2 is 2.07 bits per heavy atom. The molecule has 0 heterocycles. The summed E-state index contributed by atoms with van der Waals surface area (Å²) in [6, 6.07) is 9.56. The standard InChI is InChI=1S/C10H12ClN3/c1-8(11)7-13-10(12)14-9-5-3-2-4-6-9/h2-6H,1,7H2,(H3,12,13,14). The van der Waals surface area contributed by atoms with Crippen molar-refractivity contribution in [2.24, 2.45) is 10.7 Å². The van der Waals surface area contributed by atoms with E-state index in [9.17, 15) is 0 Å². The summed E-state index contributed by atoms with van der Waals surface area (Å²) >= 11 is 5.54. The first-order valence-electron chi connectivity index (χ1n) is 4.14. The molecular formula is C10H12ClN3. The van der Waals surface area contributed by atoms with Crippen LogP contribution in [0.2, 0.25) is 0 Å².